The number of benzene rings is 1. The molecule has 2 atom stereocenters. The van der Waals surface area contributed by atoms with Crippen LogP contribution in [0.15, 0.2) is 53.5 Å². The number of rotatable bonds is 7. The highest BCUT2D eigenvalue weighted by atomic mass is 16.1. The molecule has 0 aliphatic rings. The smallest absolute Gasteiger partial charge is 0.258 e. The normalized spacial score (nSPS) is 13.8. The van der Waals surface area contributed by atoms with Crippen molar-refractivity contribution in [2.45, 2.75) is 59.5 Å². The molecule has 0 bridgehead atoms. The molecule has 0 saturated heterocycles. The van der Waals surface area contributed by atoms with Crippen molar-refractivity contribution in [1.29, 1.82) is 0 Å². The van der Waals surface area contributed by atoms with Crippen LogP contribution in [0.1, 0.15) is 68.5 Å². The Morgan fingerprint density at radius 2 is 1.71 bits per heavy atom. The third-order valence-corrected chi connectivity index (χ3v) is 5.51. The van der Waals surface area contributed by atoms with Gasteiger partial charge in [-0.05, 0) is 47.9 Å². The summed E-state index contributed by atoms with van der Waals surface area (Å²) in [7, 11) is 0. The summed E-state index contributed by atoms with van der Waals surface area (Å²) in [6.07, 6.45) is 2.98. The number of nitrogens with one attached hydrogen (secondary N) is 1. The first kappa shape index (κ1) is 20.3. The fraction of sp³-hybridized carbons (Fsp3) is 0.417. The third-order valence-electron chi connectivity index (χ3n) is 5.51. The highest BCUT2D eigenvalue weighted by Crippen LogP contribution is 2.25. The molecule has 3 aromatic rings. The Morgan fingerprint density at radius 1 is 1.04 bits per heavy atom. The fourth-order valence-corrected chi connectivity index (χ4v) is 3.57. The lowest BCUT2D eigenvalue weighted by atomic mass is 9.92. The number of pyridine rings is 1. The van der Waals surface area contributed by atoms with Crippen molar-refractivity contribution >= 4 is 5.65 Å². The zero-order valence-electron chi connectivity index (χ0n) is 17.6. The van der Waals surface area contributed by atoms with Crippen molar-refractivity contribution in [2.75, 3.05) is 0 Å². The Hall–Kier alpha value is -2.46. The number of aromatic nitrogens is 2. The first-order valence-electron chi connectivity index (χ1n) is 10.2. The minimum absolute atomic E-state index is 0.0375. The van der Waals surface area contributed by atoms with Gasteiger partial charge in [-0.1, -0.05) is 58.0 Å². The predicted octanol–water partition coefficient (Wildman–Crippen LogP) is 5.00. The molecule has 1 N–H and O–H groups in total. The third kappa shape index (κ3) is 4.50. The lowest BCUT2D eigenvalue weighted by Gasteiger charge is -2.23. The van der Waals surface area contributed by atoms with Crippen LogP contribution in [0.25, 0.3) is 5.65 Å². The van der Waals surface area contributed by atoms with Gasteiger partial charge in [0.2, 0.25) is 0 Å². The Labute approximate surface area is 167 Å². The van der Waals surface area contributed by atoms with Crippen LogP contribution < -0.4 is 10.9 Å². The Kier molecular flexibility index (Phi) is 6.30. The lowest BCUT2D eigenvalue weighted by molar-refractivity contribution is 0.408. The van der Waals surface area contributed by atoms with Crippen molar-refractivity contribution < 1.29 is 0 Å². The van der Waals surface area contributed by atoms with Gasteiger partial charge in [-0.15, -0.1) is 0 Å². The molecule has 4 heteroatoms. The highest BCUT2D eigenvalue weighted by molar-refractivity contribution is 5.40. The number of hydrogen-bond donors (Lipinski definition) is 1. The van der Waals surface area contributed by atoms with Crippen molar-refractivity contribution in [2.24, 2.45) is 5.92 Å². The SMILES string of the molecule is CC[C@H](C)c1ccc([C@H](NCc2cc(=O)n3cc(C)ccc3n2)C(C)C)cc1. The molecule has 0 aliphatic carbocycles. The van der Waals surface area contributed by atoms with E-state index in [9.17, 15) is 4.79 Å². The van der Waals surface area contributed by atoms with Crippen LogP contribution >= 0.6 is 0 Å². The van der Waals surface area contributed by atoms with E-state index in [1.54, 1.807) is 10.5 Å². The summed E-state index contributed by atoms with van der Waals surface area (Å²) < 4.78 is 1.60. The molecule has 0 fully saturated rings. The van der Waals surface area contributed by atoms with Crippen molar-refractivity contribution in [3.05, 3.63) is 81.4 Å². The maximum Gasteiger partial charge on any atom is 0.258 e. The monoisotopic (exact) mass is 377 g/mol. The Morgan fingerprint density at radius 3 is 2.36 bits per heavy atom. The van der Waals surface area contributed by atoms with Gasteiger partial charge >= 0.3 is 0 Å². The zero-order valence-corrected chi connectivity index (χ0v) is 17.6. The topological polar surface area (TPSA) is 46.4 Å². The minimum atomic E-state index is -0.0375. The molecule has 148 valence electrons. The standard InChI is InChI=1S/C24H31N3O/c1-6-18(5)19-8-10-20(11-9-19)24(16(2)3)25-14-21-13-23(28)27-15-17(4)7-12-22(27)26-21/h7-13,15-16,18,24-25H,6,14H2,1-5H3/t18-,24+/m0/s1. The van der Waals surface area contributed by atoms with Gasteiger partial charge in [0, 0.05) is 24.8 Å². The summed E-state index contributed by atoms with van der Waals surface area (Å²) >= 11 is 0. The van der Waals surface area contributed by atoms with E-state index >= 15 is 0 Å². The van der Waals surface area contributed by atoms with E-state index in [-0.39, 0.29) is 11.6 Å². The molecule has 1 aromatic carbocycles. The molecule has 0 unspecified atom stereocenters. The van der Waals surface area contributed by atoms with Gasteiger partial charge in [0.05, 0.1) is 5.69 Å². The maximum atomic E-state index is 12.4. The van der Waals surface area contributed by atoms with E-state index < -0.39 is 0 Å². The van der Waals surface area contributed by atoms with Gasteiger partial charge in [0.15, 0.2) is 0 Å². The van der Waals surface area contributed by atoms with Gasteiger partial charge in [0.25, 0.3) is 5.56 Å². The molecule has 4 nitrogen and oxygen atoms in total. The summed E-state index contributed by atoms with van der Waals surface area (Å²) in [4.78, 5) is 17.1. The average molecular weight is 378 g/mol. The van der Waals surface area contributed by atoms with Crippen molar-refractivity contribution in [3.8, 4) is 0 Å². The summed E-state index contributed by atoms with van der Waals surface area (Å²) in [5.41, 5.74) is 5.13. The second kappa shape index (κ2) is 8.70. The summed E-state index contributed by atoms with van der Waals surface area (Å²) in [6.45, 7) is 11.4. The van der Waals surface area contributed by atoms with Gasteiger partial charge in [-0.3, -0.25) is 9.20 Å². The summed E-state index contributed by atoms with van der Waals surface area (Å²) in [5, 5.41) is 3.61. The fourth-order valence-electron chi connectivity index (χ4n) is 3.57. The number of hydrogen-bond acceptors (Lipinski definition) is 3. The molecule has 0 spiro atoms. The molecule has 3 rings (SSSR count). The van der Waals surface area contributed by atoms with E-state index in [0.29, 0.717) is 24.0 Å². The van der Waals surface area contributed by atoms with Crippen LogP contribution in [-0.4, -0.2) is 9.38 Å². The molecule has 0 amide bonds. The summed E-state index contributed by atoms with van der Waals surface area (Å²) in [5.74, 6) is 1.01. The predicted molar refractivity (Wildman–Crippen MR) is 116 cm³/mol. The van der Waals surface area contributed by atoms with Crippen LogP contribution in [0.5, 0.6) is 0 Å². The molecule has 0 aliphatic heterocycles. The van der Waals surface area contributed by atoms with Gasteiger partial charge < -0.3 is 5.32 Å². The molecule has 28 heavy (non-hydrogen) atoms. The second-order valence-electron chi connectivity index (χ2n) is 8.10. The number of nitrogens with zero attached hydrogens (tertiary/aromatic N) is 2. The Balaban J connectivity index is 1.79. The highest BCUT2D eigenvalue weighted by Gasteiger charge is 2.16. The average Bonchev–Trinajstić information content (AvgIpc) is 2.68. The van der Waals surface area contributed by atoms with Crippen molar-refractivity contribution in [1.82, 2.24) is 14.7 Å². The van der Waals surface area contributed by atoms with Crippen LogP contribution in [-0.2, 0) is 6.54 Å². The second-order valence-corrected chi connectivity index (χ2v) is 8.10. The van der Waals surface area contributed by atoms with E-state index in [0.717, 1.165) is 17.7 Å². The van der Waals surface area contributed by atoms with Crippen LogP contribution in [0, 0.1) is 12.8 Å². The van der Waals surface area contributed by atoms with E-state index in [1.165, 1.54) is 11.1 Å². The molecule has 2 aromatic heterocycles. The summed E-state index contributed by atoms with van der Waals surface area (Å²) in [6, 6.07) is 14.7. The lowest BCUT2D eigenvalue weighted by Crippen LogP contribution is -2.27. The maximum absolute atomic E-state index is 12.4. The first-order chi connectivity index (χ1) is 13.4. The quantitative estimate of drug-likeness (QED) is 0.630. The van der Waals surface area contributed by atoms with Crippen LogP contribution in [0.2, 0.25) is 0 Å². The molecule has 2 heterocycles. The molecular weight excluding hydrogens is 346 g/mol. The van der Waals surface area contributed by atoms with Crippen LogP contribution in [0.3, 0.4) is 0 Å². The molecule has 0 radical (unpaired) electrons. The number of fused-ring (bicyclic) bond motifs is 1. The van der Waals surface area contributed by atoms with Gasteiger partial charge in [0.1, 0.15) is 5.65 Å². The van der Waals surface area contributed by atoms with Crippen molar-refractivity contribution in [3.63, 3.8) is 0 Å². The molecule has 0 saturated carbocycles. The van der Waals surface area contributed by atoms with Crippen LogP contribution in [0.4, 0.5) is 0 Å². The van der Waals surface area contributed by atoms with Gasteiger partial charge in [-0.25, -0.2) is 4.98 Å². The van der Waals surface area contributed by atoms with E-state index in [1.807, 2.05) is 25.3 Å². The number of aryl methyl sites for hydroxylation is 1. The van der Waals surface area contributed by atoms with Gasteiger partial charge in [-0.2, -0.15) is 0 Å². The first-order valence-corrected chi connectivity index (χ1v) is 10.2. The van der Waals surface area contributed by atoms with E-state index in [4.69, 9.17) is 0 Å². The largest absolute Gasteiger partial charge is 0.304 e. The minimum Gasteiger partial charge on any atom is -0.304 e. The Bertz CT molecular complexity index is 989. The van der Waals surface area contributed by atoms with E-state index in [2.05, 4.69) is 62.3 Å². The zero-order chi connectivity index (χ0) is 20.3. The molecular formula is C24H31N3O.